The van der Waals surface area contributed by atoms with E-state index in [0.29, 0.717) is 32.0 Å². The van der Waals surface area contributed by atoms with Crippen LogP contribution in [-0.2, 0) is 16.0 Å². The number of rotatable bonds is 5. The van der Waals surface area contributed by atoms with E-state index in [-0.39, 0.29) is 11.8 Å². The van der Waals surface area contributed by atoms with Gasteiger partial charge in [0.05, 0.1) is 11.0 Å². The second kappa shape index (κ2) is 6.84. The number of aryl methyl sites for hydroxylation is 1. The Balaban J connectivity index is 1.38. The molecule has 1 saturated heterocycles. The predicted molar refractivity (Wildman–Crippen MR) is 94.0 cm³/mol. The quantitative estimate of drug-likeness (QED) is 0.742. The van der Waals surface area contributed by atoms with Gasteiger partial charge in [-0.3, -0.25) is 9.59 Å². The summed E-state index contributed by atoms with van der Waals surface area (Å²) in [5, 5.41) is 6.22. The molecular weight excluding hydrogens is 318 g/mol. The number of nitrogens with zero attached hydrogens (tertiary/aromatic N) is 2. The number of para-hydroxylation sites is 2. The highest BCUT2D eigenvalue weighted by Crippen LogP contribution is 2.19. The monoisotopic (exact) mass is 341 g/mol. The van der Waals surface area contributed by atoms with Gasteiger partial charge in [-0.05, 0) is 25.0 Å². The summed E-state index contributed by atoms with van der Waals surface area (Å²) in [6.07, 6.45) is 3.00. The number of benzene rings is 1. The van der Waals surface area contributed by atoms with Crippen LogP contribution >= 0.6 is 0 Å². The minimum Gasteiger partial charge on any atom is -0.352 e. The highest BCUT2D eigenvalue weighted by atomic mass is 16.2. The van der Waals surface area contributed by atoms with Crippen LogP contribution in [-0.4, -0.2) is 58.4 Å². The van der Waals surface area contributed by atoms with Crippen molar-refractivity contribution in [3.8, 4) is 0 Å². The molecule has 1 aromatic heterocycles. The van der Waals surface area contributed by atoms with Crippen molar-refractivity contribution in [2.45, 2.75) is 37.8 Å². The molecule has 3 N–H and O–H groups in total. The number of amides is 2. The Labute approximate surface area is 146 Å². The van der Waals surface area contributed by atoms with Crippen LogP contribution in [0.2, 0.25) is 0 Å². The lowest BCUT2D eigenvalue weighted by Crippen LogP contribution is -2.59. The van der Waals surface area contributed by atoms with Crippen molar-refractivity contribution >= 4 is 22.8 Å². The van der Waals surface area contributed by atoms with Crippen molar-refractivity contribution in [3.63, 3.8) is 0 Å². The lowest BCUT2D eigenvalue weighted by Gasteiger charge is -2.35. The molecule has 1 aliphatic carbocycles. The van der Waals surface area contributed by atoms with Crippen LogP contribution in [0.5, 0.6) is 0 Å². The number of hydrogen-bond donors (Lipinski definition) is 3. The summed E-state index contributed by atoms with van der Waals surface area (Å²) < 4.78 is 0. The van der Waals surface area contributed by atoms with E-state index < -0.39 is 6.04 Å². The van der Waals surface area contributed by atoms with Crippen LogP contribution in [0.25, 0.3) is 11.0 Å². The van der Waals surface area contributed by atoms with Gasteiger partial charge in [-0.15, -0.1) is 0 Å². The standard InChI is InChI=1S/C18H23N5O2/c24-17(8-7-16-21-13-3-1-2-4-14(13)22-16)23-10-9-19-11-15(23)18(25)20-12-5-6-12/h1-4,12,15,19H,5-11H2,(H,20,25)(H,21,22). The first-order valence-electron chi connectivity index (χ1n) is 8.95. The minimum atomic E-state index is -0.405. The summed E-state index contributed by atoms with van der Waals surface area (Å²) in [5.74, 6) is 0.786. The van der Waals surface area contributed by atoms with Crippen LogP contribution in [0.1, 0.15) is 25.1 Å². The number of piperazine rings is 1. The number of carbonyl (C=O) groups is 2. The van der Waals surface area contributed by atoms with Crippen LogP contribution in [0.15, 0.2) is 24.3 Å². The molecule has 7 heteroatoms. The summed E-state index contributed by atoms with van der Waals surface area (Å²) in [6.45, 7) is 1.82. The Kier molecular flexibility index (Phi) is 4.40. The highest BCUT2D eigenvalue weighted by Gasteiger charge is 2.34. The SMILES string of the molecule is O=C(NC1CC1)C1CNCCN1C(=O)CCc1nc2ccccc2[nH]1. The molecule has 1 unspecified atom stereocenters. The summed E-state index contributed by atoms with van der Waals surface area (Å²) in [4.78, 5) is 34.6. The van der Waals surface area contributed by atoms with Crippen molar-refractivity contribution in [1.29, 1.82) is 0 Å². The van der Waals surface area contributed by atoms with E-state index in [9.17, 15) is 9.59 Å². The van der Waals surface area contributed by atoms with Crippen LogP contribution in [0.3, 0.4) is 0 Å². The van der Waals surface area contributed by atoms with Gasteiger partial charge in [-0.1, -0.05) is 12.1 Å². The third-order valence-corrected chi connectivity index (χ3v) is 4.80. The molecule has 7 nitrogen and oxygen atoms in total. The molecule has 2 heterocycles. The molecule has 25 heavy (non-hydrogen) atoms. The van der Waals surface area contributed by atoms with Gasteiger partial charge in [0, 0.05) is 38.5 Å². The largest absolute Gasteiger partial charge is 0.352 e. The molecule has 2 aromatic rings. The Morgan fingerprint density at radius 3 is 2.92 bits per heavy atom. The molecule has 2 fully saturated rings. The number of nitrogens with one attached hydrogen (secondary N) is 3. The fourth-order valence-electron chi connectivity index (χ4n) is 3.26. The summed E-state index contributed by atoms with van der Waals surface area (Å²) >= 11 is 0. The normalized spacial score (nSPS) is 20.6. The lowest BCUT2D eigenvalue weighted by atomic mass is 10.1. The number of imidazole rings is 1. The molecule has 1 aliphatic heterocycles. The number of fused-ring (bicyclic) bond motifs is 1. The van der Waals surface area contributed by atoms with Crippen molar-refractivity contribution < 1.29 is 9.59 Å². The van der Waals surface area contributed by atoms with Crippen LogP contribution < -0.4 is 10.6 Å². The average Bonchev–Trinajstić information content (AvgIpc) is 3.35. The molecule has 4 rings (SSSR count). The maximum atomic E-state index is 12.7. The van der Waals surface area contributed by atoms with E-state index in [1.807, 2.05) is 24.3 Å². The molecule has 2 amide bonds. The molecule has 0 radical (unpaired) electrons. The molecule has 0 spiro atoms. The van der Waals surface area contributed by atoms with E-state index in [1.165, 1.54) is 0 Å². The molecule has 132 valence electrons. The Morgan fingerprint density at radius 1 is 1.28 bits per heavy atom. The van der Waals surface area contributed by atoms with Gasteiger partial charge in [-0.25, -0.2) is 4.98 Å². The number of H-pyrrole nitrogens is 1. The predicted octanol–water partition coefficient (Wildman–Crippen LogP) is 0.575. The minimum absolute atomic E-state index is 0.0119. The fraction of sp³-hybridized carbons (Fsp3) is 0.500. The molecule has 1 atom stereocenters. The van der Waals surface area contributed by atoms with E-state index >= 15 is 0 Å². The maximum Gasteiger partial charge on any atom is 0.244 e. The lowest BCUT2D eigenvalue weighted by molar-refractivity contribution is -0.141. The van der Waals surface area contributed by atoms with E-state index in [2.05, 4.69) is 20.6 Å². The Morgan fingerprint density at radius 2 is 2.12 bits per heavy atom. The molecule has 2 aliphatic rings. The molecule has 0 bridgehead atoms. The van der Waals surface area contributed by atoms with Crippen molar-refractivity contribution in [2.75, 3.05) is 19.6 Å². The number of hydrogen-bond acceptors (Lipinski definition) is 4. The fourth-order valence-corrected chi connectivity index (χ4v) is 3.26. The second-order valence-corrected chi connectivity index (χ2v) is 6.79. The molecular formula is C18H23N5O2. The van der Waals surface area contributed by atoms with Crippen molar-refractivity contribution in [1.82, 2.24) is 25.5 Å². The molecule has 1 saturated carbocycles. The second-order valence-electron chi connectivity index (χ2n) is 6.79. The summed E-state index contributed by atoms with van der Waals surface area (Å²) in [5.41, 5.74) is 1.89. The zero-order chi connectivity index (χ0) is 17.2. The summed E-state index contributed by atoms with van der Waals surface area (Å²) in [6, 6.07) is 7.73. The van der Waals surface area contributed by atoms with E-state index in [1.54, 1.807) is 4.90 Å². The van der Waals surface area contributed by atoms with Crippen molar-refractivity contribution in [3.05, 3.63) is 30.1 Å². The van der Waals surface area contributed by atoms with Gasteiger partial charge in [0.1, 0.15) is 11.9 Å². The number of aromatic nitrogens is 2. The zero-order valence-electron chi connectivity index (χ0n) is 14.1. The molecule has 1 aromatic carbocycles. The maximum absolute atomic E-state index is 12.7. The third kappa shape index (κ3) is 3.66. The van der Waals surface area contributed by atoms with Crippen molar-refractivity contribution in [2.24, 2.45) is 0 Å². The van der Waals surface area contributed by atoms with E-state index in [4.69, 9.17) is 0 Å². The van der Waals surface area contributed by atoms with Gasteiger partial charge >= 0.3 is 0 Å². The van der Waals surface area contributed by atoms with Gasteiger partial charge in [0.2, 0.25) is 11.8 Å². The van der Waals surface area contributed by atoms with Gasteiger partial charge < -0.3 is 20.5 Å². The van der Waals surface area contributed by atoms with Gasteiger partial charge in [0.25, 0.3) is 0 Å². The van der Waals surface area contributed by atoms with Gasteiger partial charge in [-0.2, -0.15) is 0 Å². The Hall–Kier alpha value is -2.41. The van der Waals surface area contributed by atoms with Gasteiger partial charge in [0.15, 0.2) is 0 Å². The zero-order valence-corrected chi connectivity index (χ0v) is 14.1. The first kappa shape index (κ1) is 16.1. The number of aromatic amines is 1. The topological polar surface area (TPSA) is 90.1 Å². The first-order chi connectivity index (χ1) is 12.2. The first-order valence-corrected chi connectivity index (χ1v) is 8.95. The van der Waals surface area contributed by atoms with E-state index in [0.717, 1.165) is 36.2 Å². The Bertz CT molecular complexity index is 750. The average molecular weight is 341 g/mol. The highest BCUT2D eigenvalue weighted by molar-refractivity contribution is 5.88. The number of carbonyl (C=O) groups excluding carboxylic acids is 2. The third-order valence-electron chi connectivity index (χ3n) is 4.80. The summed E-state index contributed by atoms with van der Waals surface area (Å²) in [7, 11) is 0. The van der Waals surface area contributed by atoms with Crippen LogP contribution in [0.4, 0.5) is 0 Å². The smallest absolute Gasteiger partial charge is 0.244 e. The van der Waals surface area contributed by atoms with Crippen LogP contribution in [0, 0.1) is 0 Å².